The molecular formula is C17H16BNO3. The van der Waals surface area contributed by atoms with Gasteiger partial charge >= 0.3 is 7.12 Å². The molecule has 0 saturated carbocycles. The number of rotatable bonds is 2. The Hall–Kier alpha value is -2.29. The van der Waals surface area contributed by atoms with Gasteiger partial charge in [-0.25, -0.2) is 4.85 Å². The zero-order valence-electron chi connectivity index (χ0n) is 12.8. The highest BCUT2D eigenvalue weighted by molar-refractivity contribution is 6.61. The molecule has 1 N–H and O–H groups in total. The van der Waals surface area contributed by atoms with E-state index in [1.165, 1.54) is 0 Å². The van der Waals surface area contributed by atoms with Gasteiger partial charge in [-0.3, -0.25) is 0 Å². The van der Waals surface area contributed by atoms with E-state index >= 15 is 0 Å². The normalized spacial score (nSPS) is 13.0. The lowest BCUT2D eigenvalue weighted by atomic mass is 9.78. The van der Waals surface area contributed by atoms with Gasteiger partial charge in [-0.1, -0.05) is 6.07 Å². The SMILES string of the molecule is [C-]#[N+]c1c(C)cc(Oc2ccc3c(c2C)COB3O)cc1C. The second-order valence-electron chi connectivity index (χ2n) is 5.54. The van der Waals surface area contributed by atoms with E-state index in [-0.39, 0.29) is 0 Å². The smallest absolute Gasteiger partial charge is 0.457 e. The van der Waals surface area contributed by atoms with Crippen LogP contribution in [0.1, 0.15) is 22.3 Å². The maximum atomic E-state index is 9.73. The molecule has 0 bridgehead atoms. The van der Waals surface area contributed by atoms with Gasteiger partial charge in [-0.05, 0) is 66.7 Å². The third-order valence-electron chi connectivity index (χ3n) is 4.04. The highest BCUT2D eigenvalue weighted by Gasteiger charge is 2.29. The molecule has 0 aliphatic carbocycles. The van der Waals surface area contributed by atoms with Crippen LogP contribution in [0.4, 0.5) is 5.69 Å². The summed E-state index contributed by atoms with van der Waals surface area (Å²) in [5.41, 5.74) is 5.25. The summed E-state index contributed by atoms with van der Waals surface area (Å²) in [7, 11) is -0.842. The summed E-state index contributed by atoms with van der Waals surface area (Å²) in [6, 6.07) is 7.43. The molecule has 1 aliphatic heterocycles. The van der Waals surface area contributed by atoms with Crippen molar-refractivity contribution < 1.29 is 14.4 Å². The molecule has 0 spiro atoms. The van der Waals surface area contributed by atoms with Gasteiger partial charge in [0.05, 0.1) is 13.2 Å². The minimum absolute atomic E-state index is 0.397. The van der Waals surface area contributed by atoms with E-state index in [1.54, 1.807) is 0 Å². The van der Waals surface area contributed by atoms with Crippen molar-refractivity contribution in [1.29, 1.82) is 0 Å². The fourth-order valence-electron chi connectivity index (χ4n) is 2.82. The van der Waals surface area contributed by atoms with Crippen molar-refractivity contribution in [3.63, 3.8) is 0 Å². The Bertz CT molecular complexity index is 772. The lowest BCUT2D eigenvalue weighted by Crippen LogP contribution is -2.28. The molecule has 110 valence electrons. The van der Waals surface area contributed by atoms with Gasteiger partial charge in [0.25, 0.3) is 0 Å². The van der Waals surface area contributed by atoms with Crippen LogP contribution in [0.3, 0.4) is 0 Å². The number of aryl methyl sites for hydroxylation is 2. The standard InChI is InChI=1S/C17H16BNO3/c1-10-7-13(8-11(2)17(10)19-4)22-16-6-5-15-14(12(16)3)9-21-18(15)20/h5-8,20H,9H2,1-3H3. The van der Waals surface area contributed by atoms with Crippen LogP contribution in [0.5, 0.6) is 11.5 Å². The molecule has 0 fully saturated rings. The van der Waals surface area contributed by atoms with E-state index in [4.69, 9.17) is 16.0 Å². The number of nitrogens with zero attached hydrogens (tertiary/aromatic N) is 1. The van der Waals surface area contributed by atoms with Crippen LogP contribution < -0.4 is 10.2 Å². The molecule has 1 heterocycles. The molecule has 5 heteroatoms. The van der Waals surface area contributed by atoms with Gasteiger partial charge in [-0.2, -0.15) is 0 Å². The Labute approximate surface area is 130 Å². The van der Waals surface area contributed by atoms with Crippen molar-refractivity contribution in [2.75, 3.05) is 0 Å². The molecular weight excluding hydrogens is 277 g/mol. The average molecular weight is 293 g/mol. The Morgan fingerprint density at radius 3 is 2.55 bits per heavy atom. The second kappa shape index (κ2) is 5.49. The molecule has 2 aromatic rings. The second-order valence-corrected chi connectivity index (χ2v) is 5.54. The van der Waals surface area contributed by atoms with Gasteiger partial charge < -0.3 is 14.4 Å². The van der Waals surface area contributed by atoms with Crippen LogP contribution in [0, 0.1) is 27.3 Å². The fraction of sp³-hybridized carbons (Fsp3) is 0.235. The Morgan fingerprint density at radius 1 is 1.23 bits per heavy atom. The predicted molar refractivity (Wildman–Crippen MR) is 85.8 cm³/mol. The third-order valence-corrected chi connectivity index (χ3v) is 4.04. The minimum atomic E-state index is -0.842. The maximum Gasteiger partial charge on any atom is 0.491 e. The van der Waals surface area contributed by atoms with Crippen LogP contribution in [0.25, 0.3) is 4.85 Å². The lowest BCUT2D eigenvalue weighted by molar-refractivity contribution is 0.274. The third kappa shape index (κ3) is 2.37. The largest absolute Gasteiger partial charge is 0.491 e. The molecule has 2 aromatic carbocycles. The Morgan fingerprint density at radius 2 is 1.91 bits per heavy atom. The number of fused-ring (bicyclic) bond motifs is 1. The fourth-order valence-corrected chi connectivity index (χ4v) is 2.82. The highest BCUT2D eigenvalue weighted by atomic mass is 16.5. The van der Waals surface area contributed by atoms with Crippen LogP contribution in [0.2, 0.25) is 0 Å². The van der Waals surface area contributed by atoms with E-state index in [2.05, 4.69) is 4.85 Å². The highest BCUT2D eigenvalue weighted by Crippen LogP contribution is 2.33. The van der Waals surface area contributed by atoms with Crippen LogP contribution in [-0.2, 0) is 11.3 Å². The number of ether oxygens (including phenoxy) is 1. The predicted octanol–water partition coefficient (Wildman–Crippen LogP) is 3.17. The van der Waals surface area contributed by atoms with Crippen molar-refractivity contribution in [2.24, 2.45) is 0 Å². The summed E-state index contributed by atoms with van der Waals surface area (Å²) in [5.74, 6) is 1.45. The van der Waals surface area contributed by atoms with Crippen LogP contribution >= 0.6 is 0 Å². The summed E-state index contributed by atoms with van der Waals surface area (Å²) in [4.78, 5) is 3.54. The lowest BCUT2D eigenvalue weighted by Gasteiger charge is -2.13. The Kier molecular flexibility index (Phi) is 3.65. The van der Waals surface area contributed by atoms with Crippen molar-refractivity contribution in [3.8, 4) is 11.5 Å². The van der Waals surface area contributed by atoms with E-state index < -0.39 is 7.12 Å². The first-order chi connectivity index (χ1) is 10.5. The van der Waals surface area contributed by atoms with Crippen LogP contribution in [-0.4, -0.2) is 12.1 Å². The maximum absolute atomic E-state index is 9.73. The van der Waals surface area contributed by atoms with Gasteiger partial charge in [0, 0.05) is 0 Å². The average Bonchev–Trinajstić information content (AvgIpc) is 2.84. The zero-order chi connectivity index (χ0) is 15.9. The molecule has 0 atom stereocenters. The van der Waals surface area contributed by atoms with E-state index in [0.29, 0.717) is 18.0 Å². The number of hydrogen-bond acceptors (Lipinski definition) is 3. The van der Waals surface area contributed by atoms with Crippen molar-refractivity contribution >= 4 is 18.3 Å². The summed E-state index contributed by atoms with van der Waals surface area (Å²) in [6.45, 7) is 13.4. The first-order valence-electron chi connectivity index (χ1n) is 7.10. The molecule has 4 nitrogen and oxygen atoms in total. The number of hydrogen-bond donors (Lipinski definition) is 1. The van der Waals surface area contributed by atoms with Crippen molar-refractivity contribution in [1.82, 2.24) is 0 Å². The molecule has 22 heavy (non-hydrogen) atoms. The van der Waals surface area contributed by atoms with E-state index in [1.807, 2.05) is 45.0 Å². The molecule has 0 unspecified atom stereocenters. The topological polar surface area (TPSA) is 43.0 Å². The van der Waals surface area contributed by atoms with Gasteiger partial charge in [0.2, 0.25) is 0 Å². The Balaban J connectivity index is 1.97. The molecule has 0 saturated heterocycles. The summed E-state index contributed by atoms with van der Waals surface area (Å²) < 4.78 is 11.2. The molecule has 0 aromatic heterocycles. The molecule has 0 radical (unpaired) electrons. The molecule has 1 aliphatic rings. The van der Waals surface area contributed by atoms with Gasteiger partial charge in [0.1, 0.15) is 11.5 Å². The molecule has 0 amide bonds. The molecule has 3 rings (SSSR count). The van der Waals surface area contributed by atoms with E-state index in [9.17, 15) is 5.02 Å². The van der Waals surface area contributed by atoms with Gasteiger partial charge in [0.15, 0.2) is 5.69 Å². The number of benzene rings is 2. The first kappa shape index (κ1) is 14.6. The van der Waals surface area contributed by atoms with E-state index in [0.717, 1.165) is 33.5 Å². The summed E-state index contributed by atoms with van der Waals surface area (Å²) in [5, 5.41) is 9.73. The van der Waals surface area contributed by atoms with Crippen molar-refractivity contribution in [3.05, 3.63) is 57.9 Å². The van der Waals surface area contributed by atoms with Crippen molar-refractivity contribution in [2.45, 2.75) is 27.4 Å². The first-order valence-corrected chi connectivity index (χ1v) is 7.10. The monoisotopic (exact) mass is 293 g/mol. The zero-order valence-corrected chi connectivity index (χ0v) is 12.8. The quantitative estimate of drug-likeness (QED) is 0.683. The summed E-state index contributed by atoms with van der Waals surface area (Å²) >= 11 is 0. The van der Waals surface area contributed by atoms with Gasteiger partial charge in [-0.15, -0.1) is 0 Å². The van der Waals surface area contributed by atoms with Crippen LogP contribution in [0.15, 0.2) is 24.3 Å². The minimum Gasteiger partial charge on any atom is -0.457 e. The summed E-state index contributed by atoms with van der Waals surface area (Å²) in [6.07, 6.45) is 0.